The summed E-state index contributed by atoms with van der Waals surface area (Å²) < 4.78 is 0. The molecule has 0 saturated carbocycles. The Balaban J connectivity index is 2.97. The second-order valence-corrected chi connectivity index (χ2v) is 4.17. The van der Waals surface area contributed by atoms with Gasteiger partial charge in [0.1, 0.15) is 0 Å². The van der Waals surface area contributed by atoms with Gasteiger partial charge in [0, 0.05) is 10.6 Å². The SMILES string of the molecule is C=C(C)Sc1cc(N)ccc1C. The van der Waals surface area contributed by atoms with Crippen LogP contribution in [0, 0.1) is 6.92 Å². The topological polar surface area (TPSA) is 26.0 Å². The van der Waals surface area contributed by atoms with E-state index >= 15 is 0 Å². The summed E-state index contributed by atoms with van der Waals surface area (Å²) in [5, 5.41) is 0. The summed E-state index contributed by atoms with van der Waals surface area (Å²) in [5.41, 5.74) is 7.72. The maximum absolute atomic E-state index is 5.66. The average molecular weight is 179 g/mol. The molecule has 0 bridgehead atoms. The molecule has 0 heterocycles. The number of hydrogen-bond donors (Lipinski definition) is 1. The number of hydrogen-bond acceptors (Lipinski definition) is 2. The van der Waals surface area contributed by atoms with Crippen LogP contribution in [0.25, 0.3) is 0 Å². The molecule has 0 fully saturated rings. The Labute approximate surface area is 77.7 Å². The van der Waals surface area contributed by atoms with Gasteiger partial charge in [-0.25, -0.2) is 0 Å². The van der Waals surface area contributed by atoms with Gasteiger partial charge in [0.05, 0.1) is 0 Å². The second kappa shape index (κ2) is 3.68. The normalized spacial score (nSPS) is 9.83. The standard InChI is InChI=1S/C10H13NS/c1-7(2)12-10-6-9(11)5-4-8(10)3/h4-6H,1,11H2,2-3H3. The van der Waals surface area contributed by atoms with Crippen molar-refractivity contribution in [2.24, 2.45) is 0 Å². The number of allylic oxidation sites excluding steroid dienone is 1. The third kappa shape index (κ3) is 2.31. The Morgan fingerprint density at radius 1 is 1.50 bits per heavy atom. The molecule has 0 radical (unpaired) electrons. The largest absolute Gasteiger partial charge is 0.399 e. The van der Waals surface area contributed by atoms with Crippen LogP contribution in [0.15, 0.2) is 34.6 Å². The summed E-state index contributed by atoms with van der Waals surface area (Å²) in [6.45, 7) is 7.91. The van der Waals surface area contributed by atoms with E-state index in [9.17, 15) is 0 Å². The molecule has 0 unspecified atom stereocenters. The average Bonchev–Trinajstić information content (AvgIpc) is 1.96. The second-order valence-electron chi connectivity index (χ2n) is 2.83. The minimum Gasteiger partial charge on any atom is -0.399 e. The van der Waals surface area contributed by atoms with Crippen LogP contribution in [0.4, 0.5) is 5.69 Å². The highest BCUT2D eigenvalue weighted by atomic mass is 32.2. The van der Waals surface area contributed by atoms with Gasteiger partial charge >= 0.3 is 0 Å². The van der Waals surface area contributed by atoms with E-state index in [1.54, 1.807) is 11.8 Å². The van der Waals surface area contributed by atoms with Gasteiger partial charge in [-0.3, -0.25) is 0 Å². The van der Waals surface area contributed by atoms with E-state index in [1.807, 2.05) is 25.1 Å². The molecule has 2 N–H and O–H groups in total. The lowest BCUT2D eigenvalue weighted by Gasteiger charge is -2.05. The van der Waals surface area contributed by atoms with Crippen LogP contribution in [-0.4, -0.2) is 0 Å². The third-order valence-corrected chi connectivity index (χ3v) is 2.50. The Kier molecular flexibility index (Phi) is 2.82. The molecular formula is C10H13NS. The molecule has 0 amide bonds. The monoisotopic (exact) mass is 179 g/mol. The molecule has 1 rings (SSSR count). The minimum absolute atomic E-state index is 0.810. The Bertz CT molecular complexity index is 305. The number of anilines is 1. The predicted octanol–water partition coefficient (Wildman–Crippen LogP) is 3.20. The van der Waals surface area contributed by atoms with Crippen LogP contribution in [0.3, 0.4) is 0 Å². The van der Waals surface area contributed by atoms with Crippen LogP contribution in [0.1, 0.15) is 12.5 Å². The zero-order valence-electron chi connectivity index (χ0n) is 7.42. The lowest BCUT2D eigenvalue weighted by molar-refractivity contribution is 1.31. The molecule has 0 atom stereocenters. The van der Waals surface area contributed by atoms with Gasteiger partial charge in [-0.05, 0) is 36.4 Å². The van der Waals surface area contributed by atoms with Crippen LogP contribution < -0.4 is 5.73 Å². The van der Waals surface area contributed by atoms with Crippen molar-refractivity contribution >= 4 is 17.4 Å². The Hall–Kier alpha value is -0.890. The summed E-state index contributed by atoms with van der Waals surface area (Å²) >= 11 is 1.66. The molecular weight excluding hydrogens is 166 g/mol. The van der Waals surface area contributed by atoms with Crippen LogP contribution in [-0.2, 0) is 0 Å². The first-order valence-electron chi connectivity index (χ1n) is 3.79. The summed E-state index contributed by atoms with van der Waals surface area (Å²) in [7, 11) is 0. The highest BCUT2D eigenvalue weighted by Crippen LogP contribution is 2.29. The van der Waals surface area contributed by atoms with Crippen molar-refractivity contribution in [1.82, 2.24) is 0 Å². The van der Waals surface area contributed by atoms with Crippen molar-refractivity contribution in [3.05, 3.63) is 35.2 Å². The number of thioether (sulfide) groups is 1. The highest BCUT2D eigenvalue weighted by molar-refractivity contribution is 8.03. The fraction of sp³-hybridized carbons (Fsp3) is 0.200. The molecule has 0 aliphatic carbocycles. The van der Waals surface area contributed by atoms with Gasteiger partial charge < -0.3 is 5.73 Å². The Morgan fingerprint density at radius 2 is 2.17 bits per heavy atom. The van der Waals surface area contributed by atoms with Crippen molar-refractivity contribution in [1.29, 1.82) is 0 Å². The van der Waals surface area contributed by atoms with Gasteiger partial charge in [0.25, 0.3) is 0 Å². The molecule has 0 aliphatic rings. The van der Waals surface area contributed by atoms with Crippen molar-refractivity contribution < 1.29 is 0 Å². The molecule has 1 aromatic rings. The van der Waals surface area contributed by atoms with Gasteiger partial charge in [-0.1, -0.05) is 24.4 Å². The molecule has 2 heteroatoms. The zero-order chi connectivity index (χ0) is 9.14. The number of benzene rings is 1. The molecule has 1 aromatic carbocycles. The molecule has 0 saturated heterocycles. The quantitative estimate of drug-likeness (QED) is 0.557. The Morgan fingerprint density at radius 3 is 2.75 bits per heavy atom. The van der Waals surface area contributed by atoms with Gasteiger partial charge in [0.2, 0.25) is 0 Å². The fourth-order valence-corrected chi connectivity index (χ4v) is 1.71. The van der Waals surface area contributed by atoms with Gasteiger partial charge in [0.15, 0.2) is 0 Å². The van der Waals surface area contributed by atoms with Gasteiger partial charge in [-0.15, -0.1) is 0 Å². The number of aryl methyl sites for hydroxylation is 1. The lowest BCUT2D eigenvalue weighted by Crippen LogP contribution is -1.86. The van der Waals surface area contributed by atoms with Crippen molar-refractivity contribution in [2.75, 3.05) is 5.73 Å². The predicted molar refractivity (Wildman–Crippen MR) is 56.3 cm³/mol. The van der Waals surface area contributed by atoms with E-state index in [-0.39, 0.29) is 0 Å². The molecule has 64 valence electrons. The number of nitrogen functional groups attached to an aromatic ring is 1. The molecule has 1 nitrogen and oxygen atoms in total. The summed E-state index contributed by atoms with van der Waals surface area (Å²) in [6, 6.07) is 5.92. The van der Waals surface area contributed by atoms with E-state index in [2.05, 4.69) is 13.5 Å². The summed E-state index contributed by atoms with van der Waals surface area (Å²) in [4.78, 5) is 2.28. The van der Waals surface area contributed by atoms with E-state index < -0.39 is 0 Å². The van der Waals surface area contributed by atoms with Crippen molar-refractivity contribution in [2.45, 2.75) is 18.7 Å². The highest BCUT2D eigenvalue weighted by Gasteiger charge is 1.99. The van der Waals surface area contributed by atoms with E-state index in [4.69, 9.17) is 5.73 Å². The van der Waals surface area contributed by atoms with E-state index in [0.29, 0.717) is 0 Å². The van der Waals surface area contributed by atoms with Gasteiger partial charge in [-0.2, -0.15) is 0 Å². The molecule has 0 spiro atoms. The smallest absolute Gasteiger partial charge is 0.0325 e. The van der Waals surface area contributed by atoms with Crippen LogP contribution in [0.2, 0.25) is 0 Å². The first kappa shape index (κ1) is 9.20. The zero-order valence-corrected chi connectivity index (χ0v) is 8.24. The van der Waals surface area contributed by atoms with Crippen LogP contribution >= 0.6 is 11.8 Å². The first-order chi connectivity index (χ1) is 5.59. The maximum atomic E-state index is 5.66. The summed E-state index contributed by atoms with van der Waals surface area (Å²) in [6.07, 6.45) is 0. The number of rotatable bonds is 2. The lowest BCUT2D eigenvalue weighted by atomic mass is 10.2. The van der Waals surface area contributed by atoms with Crippen molar-refractivity contribution in [3.8, 4) is 0 Å². The van der Waals surface area contributed by atoms with Crippen molar-refractivity contribution in [3.63, 3.8) is 0 Å². The minimum atomic E-state index is 0.810. The fourth-order valence-electron chi connectivity index (χ4n) is 0.914. The molecule has 0 aliphatic heterocycles. The first-order valence-corrected chi connectivity index (χ1v) is 4.61. The third-order valence-electron chi connectivity index (χ3n) is 1.50. The van der Waals surface area contributed by atoms with Crippen LogP contribution in [0.5, 0.6) is 0 Å². The summed E-state index contributed by atoms with van der Waals surface area (Å²) in [5.74, 6) is 0. The maximum Gasteiger partial charge on any atom is 0.0325 e. The van der Waals surface area contributed by atoms with E-state index in [1.165, 1.54) is 10.5 Å². The number of nitrogens with two attached hydrogens (primary N) is 1. The van der Waals surface area contributed by atoms with E-state index in [0.717, 1.165) is 10.6 Å². The molecule has 12 heavy (non-hydrogen) atoms. The molecule has 0 aromatic heterocycles.